The van der Waals surface area contributed by atoms with Crippen LogP contribution in [0.3, 0.4) is 0 Å². The number of nitrogens with one attached hydrogen (secondary N) is 2. The van der Waals surface area contributed by atoms with E-state index in [-0.39, 0.29) is 17.9 Å². The van der Waals surface area contributed by atoms with E-state index in [0.29, 0.717) is 13.1 Å². The molecule has 1 amide bonds. The van der Waals surface area contributed by atoms with Crippen LogP contribution in [-0.2, 0) is 17.8 Å². The van der Waals surface area contributed by atoms with E-state index in [1.54, 1.807) is 6.07 Å². The van der Waals surface area contributed by atoms with Gasteiger partial charge in [-0.1, -0.05) is 48.5 Å². The van der Waals surface area contributed by atoms with E-state index in [0.717, 1.165) is 27.7 Å². The Hall–Kier alpha value is -3.67. The molecule has 0 aliphatic heterocycles. The molecule has 0 aliphatic rings. The van der Waals surface area contributed by atoms with Gasteiger partial charge in [-0.3, -0.25) is 9.59 Å². The van der Waals surface area contributed by atoms with Crippen LogP contribution < -0.4 is 10.9 Å². The molecule has 0 fully saturated rings. The quantitative estimate of drug-likeness (QED) is 0.546. The number of aromatic nitrogens is 3. The van der Waals surface area contributed by atoms with Gasteiger partial charge in [-0.05, 0) is 17.7 Å². The summed E-state index contributed by atoms with van der Waals surface area (Å²) >= 11 is 0. The highest BCUT2D eigenvalue weighted by molar-refractivity contribution is 5.88. The summed E-state index contributed by atoms with van der Waals surface area (Å²) in [6.45, 7) is 0.658. The molecule has 28 heavy (non-hydrogen) atoms. The zero-order valence-corrected chi connectivity index (χ0v) is 15.3. The smallest absolute Gasteiger partial charge is 0.266 e. The Morgan fingerprint density at radius 1 is 1.00 bits per heavy atom. The van der Waals surface area contributed by atoms with Crippen LogP contribution in [0.4, 0.5) is 0 Å². The number of hydrogen-bond acceptors (Lipinski definition) is 3. The van der Waals surface area contributed by atoms with E-state index in [2.05, 4.69) is 15.4 Å². The normalized spacial score (nSPS) is 10.9. The lowest BCUT2D eigenvalue weighted by Crippen LogP contribution is -2.32. The summed E-state index contributed by atoms with van der Waals surface area (Å²) in [7, 11) is 0. The van der Waals surface area contributed by atoms with Crippen molar-refractivity contribution in [3.05, 3.63) is 88.8 Å². The Morgan fingerprint density at radius 2 is 1.79 bits per heavy atom. The number of hydrogen-bond donors (Lipinski definition) is 2. The largest absolute Gasteiger partial charge is 0.361 e. The van der Waals surface area contributed by atoms with E-state index in [4.69, 9.17) is 0 Å². The highest BCUT2D eigenvalue weighted by Gasteiger charge is 2.09. The van der Waals surface area contributed by atoms with E-state index in [1.165, 1.54) is 10.7 Å². The molecule has 4 rings (SSSR count). The number of rotatable bonds is 6. The molecule has 140 valence electrons. The van der Waals surface area contributed by atoms with E-state index >= 15 is 0 Å². The van der Waals surface area contributed by atoms with Gasteiger partial charge in [-0.25, -0.2) is 4.68 Å². The van der Waals surface area contributed by atoms with Crippen molar-refractivity contribution in [2.75, 3.05) is 6.54 Å². The van der Waals surface area contributed by atoms with Crippen LogP contribution in [0, 0.1) is 0 Å². The first-order valence-electron chi connectivity index (χ1n) is 9.16. The molecule has 2 aromatic heterocycles. The van der Waals surface area contributed by atoms with Crippen molar-refractivity contribution in [1.82, 2.24) is 20.1 Å². The van der Waals surface area contributed by atoms with Crippen molar-refractivity contribution in [3.8, 4) is 11.3 Å². The molecule has 0 aliphatic carbocycles. The minimum atomic E-state index is -0.189. The topological polar surface area (TPSA) is 79.8 Å². The molecule has 2 heterocycles. The van der Waals surface area contributed by atoms with Gasteiger partial charge in [0.25, 0.3) is 5.56 Å². The molecule has 0 radical (unpaired) electrons. The molecule has 2 aromatic carbocycles. The molecular weight excluding hydrogens is 352 g/mol. The molecule has 2 N–H and O–H groups in total. The number of nitrogens with zero attached hydrogens (tertiary/aromatic N) is 2. The second-order valence-corrected chi connectivity index (χ2v) is 6.53. The SMILES string of the molecule is O=C(Cc1c[nH]c2ccccc12)NCCn1nc(-c2ccccc2)ccc1=O. The fourth-order valence-electron chi connectivity index (χ4n) is 3.19. The first-order valence-corrected chi connectivity index (χ1v) is 9.16. The van der Waals surface area contributed by atoms with Gasteiger partial charge >= 0.3 is 0 Å². The fourth-order valence-corrected chi connectivity index (χ4v) is 3.19. The molecule has 0 saturated heterocycles. The molecule has 4 aromatic rings. The van der Waals surface area contributed by atoms with Crippen molar-refractivity contribution in [1.29, 1.82) is 0 Å². The maximum Gasteiger partial charge on any atom is 0.266 e. The number of amides is 1. The summed E-state index contributed by atoms with van der Waals surface area (Å²) in [4.78, 5) is 27.5. The summed E-state index contributed by atoms with van der Waals surface area (Å²) in [6.07, 6.45) is 2.15. The zero-order valence-electron chi connectivity index (χ0n) is 15.3. The van der Waals surface area contributed by atoms with Crippen LogP contribution in [0.15, 0.2) is 77.7 Å². The van der Waals surface area contributed by atoms with Crippen LogP contribution in [-0.4, -0.2) is 27.2 Å². The van der Waals surface area contributed by atoms with Crippen molar-refractivity contribution < 1.29 is 4.79 Å². The number of para-hydroxylation sites is 1. The molecule has 0 spiro atoms. The molecule has 6 heteroatoms. The Labute approximate surface area is 161 Å². The lowest BCUT2D eigenvalue weighted by Gasteiger charge is -2.08. The molecule has 0 bridgehead atoms. The van der Waals surface area contributed by atoms with Crippen LogP contribution in [0.5, 0.6) is 0 Å². The molecule has 0 unspecified atom stereocenters. The lowest BCUT2D eigenvalue weighted by molar-refractivity contribution is -0.120. The predicted octanol–water partition coefficient (Wildman–Crippen LogP) is 2.75. The minimum Gasteiger partial charge on any atom is -0.361 e. The standard InChI is InChI=1S/C22H20N4O2/c27-21(14-17-15-24-20-9-5-4-8-18(17)20)23-12-13-26-22(28)11-10-19(25-26)16-6-2-1-3-7-16/h1-11,15,24H,12-14H2,(H,23,27). The molecular formula is C22H20N4O2. The second kappa shape index (κ2) is 7.92. The summed E-state index contributed by atoms with van der Waals surface area (Å²) in [5.41, 5.74) is 3.45. The zero-order chi connectivity index (χ0) is 19.3. The third kappa shape index (κ3) is 3.86. The Balaban J connectivity index is 1.38. The van der Waals surface area contributed by atoms with E-state index in [9.17, 15) is 9.59 Å². The minimum absolute atomic E-state index is 0.0861. The van der Waals surface area contributed by atoms with Crippen LogP contribution in [0.25, 0.3) is 22.2 Å². The number of benzene rings is 2. The number of H-pyrrole nitrogens is 1. The summed E-state index contributed by atoms with van der Waals surface area (Å²) in [6, 6.07) is 20.8. The number of fused-ring (bicyclic) bond motifs is 1. The van der Waals surface area contributed by atoms with Gasteiger partial charge < -0.3 is 10.3 Å². The van der Waals surface area contributed by atoms with Crippen molar-refractivity contribution in [2.24, 2.45) is 0 Å². The van der Waals surface area contributed by atoms with E-state index < -0.39 is 0 Å². The number of aromatic amines is 1. The molecule has 0 atom stereocenters. The maximum atomic E-state index is 12.3. The highest BCUT2D eigenvalue weighted by Crippen LogP contribution is 2.18. The maximum absolute atomic E-state index is 12.3. The molecule has 0 saturated carbocycles. The summed E-state index contributed by atoms with van der Waals surface area (Å²) in [5, 5.41) is 8.32. The van der Waals surface area contributed by atoms with E-state index in [1.807, 2.05) is 60.8 Å². The van der Waals surface area contributed by atoms with Gasteiger partial charge in [0, 0.05) is 35.3 Å². The molecule has 6 nitrogen and oxygen atoms in total. The average molecular weight is 372 g/mol. The summed E-state index contributed by atoms with van der Waals surface area (Å²) in [5.74, 6) is -0.0861. The van der Waals surface area contributed by atoms with Gasteiger partial charge in [0.1, 0.15) is 0 Å². The van der Waals surface area contributed by atoms with Gasteiger partial charge in [-0.2, -0.15) is 5.10 Å². The second-order valence-electron chi connectivity index (χ2n) is 6.53. The van der Waals surface area contributed by atoms with Gasteiger partial charge in [0.2, 0.25) is 5.91 Å². The van der Waals surface area contributed by atoms with Gasteiger partial charge in [-0.15, -0.1) is 0 Å². The number of carbonyl (C=O) groups is 1. The van der Waals surface area contributed by atoms with Gasteiger partial charge in [0.15, 0.2) is 0 Å². The Kier molecular flexibility index (Phi) is 5.01. The summed E-state index contributed by atoms with van der Waals surface area (Å²) < 4.78 is 1.38. The Bertz CT molecular complexity index is 1160. The van der Waals surface area contributed by atoms with Gasteiger partial charge in [0.05, 0.1) is 18.7 Å². The highest BCUT2D eigenvalue weighted by atomic mass is 16.1. The third-order valence-corrected chi connectivity index (χ3v) is 4.61. The fraction of sp³-hybridized carbons (Fsp3) is 0.136. The number of carbonyl (C=O) groups excluding carboxylic acids is 1. The first-order chi connectivity index (χ1) is 13.7. The van der Waals surface area contributed by atoms with Crippen molar-refractivity contribution in [2.45, 2.75) is 13.0 Å². The average Bonchev–Trinajstić information content (AvgIpc) is 3.13. The van der Waals surface area contributed by atoms with Crippen molar-refractivity contribution in [3.63, 3.8) is 0 Å². The monoisotopic (exact) mass is 372 g/mol. The third-order valence-electron chi connectivity index (χ3n) is 4.61. The lowest BCUT2D eigenvalue weighted by atomic mass is 10.1. The Morgan fingerprint density at radius 3 is 2.64 bits per heavy atom. The van der Waals surface area contributed by atoms with Crippen LogP contribution >= 0.6 is 0 Å². The predicted molar refractivity (Wildman–Crippen MR) is 109 cm³/mol. The van der Waals surface area contributed by atoms with Crippen LogP contribution in [0.2, 0.25) is 0 Å². The first kappa shape index (κ1) is 17.7. The van der Waals surface area contributed by atoms with Crippen LogP contribution in [0.1, 0.15) is 5.56 Å². The van der Waals surface area contributed by atoms with Crippen molar-refractivity contribution >= 4 is 16.8 Å².